The van der Waals surface area contributed by atoms with Crippen LogP contribution >= 0.6 is 39.3 Å². The zero-order valence-electron chi connectivity index (χ0n) is 16.4. The fraction of sp³-hybridized carbons (Fsp3) is 0.190. The molecule has 1 aliphatic heterocycles. The van der Waals surface area contributed by atoms with Crippen molar-refractivity contribution >= 4 is 68.1 Å². The van der Waals surface area contributed by atoms with E-state index < -0.39 is 0 Å². The maximum absolute atomic E-state index is 12.7. The van der Waals surface area contributed by atoms with Crippen molar-refractivity contribution in [2.75, 3.05) is 20.8 Å². The van der Waals surface area contributed by atoms with E-state index >= 15 is 0 Å². The number of amides is 1. The molecule has 1 amide bonds. The van der Waals surface area contributed by atoms with E-state index in [4.69, 9.17) is 21.1 Å². The summed E-state index contributed by atoms with van der Waals surface area (Å²) >= 11 is 10.9. The molecular formula is C21H18BrClN2O4S. The van der Waals surface area contributed by atoms with E-state index in [1.807, 2.05) is 6.07 Å². The molecule has 0 bridgehead atoms. The van der Waals surface area contributed by atoms with E-state index in [-0.39, 0.29) is 11.9 Å². The minimum Gasteiger partial charge on any atom is -0.495 e. The normalized spacial score (nSPS) is 16.4. The minimum atomic E-state index is -0.383. The van der Waals surface area contributed by atoms with Gasteiger partial charge in [0.05, 0.1) is 34.9 Å². The minimum absolute atomic E-state index is 0.181. The standard InChI is InChI=1S/C21H18BrClN2O4S/c1-4-29-20(27)12-5-7-15(8-6-12)24-21-25(2)19(26)17(30-21)10-13-9-14(22)11-16(23)18(13)28-3/h5-11H,4H2,1-3H3/b17-10-,24-21?. The van der Waals surface area contributed by atoms with Crippen molar-refractivity contribution in [3.8, 4) is 5.75 Å². The van der Waals surface area contributed by atoms with Crippen molar-refractivity contribution in [2.45, 2.75) is 6.92 Å². The number of methoxy groups -OCH3 is 1. The molecule has 0 spiro atoms. The number of carbonyl (C=O) groups is 2. The quantitative estimate of drug-likeness (QED) is 0.392. The number of hydrogen-bond donors (Lipinski definition) is 0. The van der Waals surface area contributed by atoms with Gasteiger partial charge in [0.15, 0.2) is 5.17 Å². The summed E-state index contributed by atoms with van der Waals surface area (Å²) in [6, 6.07) is 10.3. The van der Waals surface area contributed by atoms with Gasteiger partial charge in [-0.05, 0) is 61.2 Å². The molecule has 9 heteroatoms. The molecule has 1 heterocycles. The Morgan fingerprint density at radius 1 is 1.30 bits per heavy atom. The van der Waals surface area contributed by atoms with Crippen LogP contribution in [0, 0.1) is 0 Å². The average Bonchev–Trinajstić information content (AvgIpc) is 2.96. The van der Waals surface area contributed by atoms with Gasteiger partial charge in [-0.1, -0.05) is 27.5 Å². The lowest BCUT2D eigenvalue weighted by atomic mass is 10.2. The summed E-state index contributed by atoms with van der Waals surface area (Å²) in [6.07, 6.45) is 1.73. The summed E-state index contributed by atoms with van der Waals surface area (Å²) in [7, 11) is 3.19. The number of likely N-dealkylation sites (N-methyl/N-ethyl adjacent to an activating group) is 1. The third kappa shape index (κ3) is 4.88. The molecule has 2 aromatic rings. The van der Waals surface area contributed by atoms with Gasteiger partial charge in [0, 0.05) is 17.1 Å². The van der Waals surface area contributed by atoms with Crippen LogP contribution in [-0.4, -0.2) is 42.7 Å². The molecule has 3 rings (SSSR count). The molecule has 0 unspecified atom stereocenters. The predicted octanol–water partition coefficient (Wildman–Crippen LogP) is 5.52. The van der Waals surface area contributed by atoms with Crippen molar-refractivity contribution in [3.05, 3.63) is 61.9 Å². The van der Waals surface area contributed by atoms with Crippen LogP contribution in [0.2, 0.25) is 5.02 Å². The number of esters is 1. The number of nitrogens with zero attached hydrogens (tertiary/aromatic N) is 2. The number of thioether (sulfide) groups is 1. The van der Waals surface area contributed by atoms with E-state index in [2.05, 4.69) is 20.9 Å². The van der Waals surface area contributed by atoms with Gasteiger partial charge < -0.3 is 9.47 Å². The number of halogens is 2. The van der Waals surface area contributed by atoms with Crippen LogP contribution in [0.1, 0.15) is 22.8 Å². The monoisotopic (exact) mass is 508 g/mol. The first-order chi connectivity index (χ1) is 14.3. The molecule has 6 nitrogen and oxygen atoms in total. The third-order valence-electron chi connectivity index (χ3n) is 4.13. The largest absolute Gasteiger partial charge is 0.495 e. The molecule has 2 aromatic carbocycles. The number of rotatable bonds is 5. The third-order valence-corrected chi connectivity index (χ3v) is 5.93. The SMILES string of the molecule is CCOC(=O)c1ccc(N=C2S/C(=C\c3cc(Br)cc(Cl)c3OC)C(=O)N2C)cc1. The van der Waals surface area contributed by atoms with Gasteiger partial charge in [-0.15, -0.1) is 0 Å². The number of carbonyl (C=O) groups excluding carboxylic acids is 2. The molecule has 0 aliphatic carbocycles. The predicted molar refractivity (Wildman–Crippen MR) is 124 cm³/mol. The summed E-state index contributed by atoms with van der Waals surface area (Å²) in [5, 5.41) is 0.966. The lowest BCUT2D eigenvalue weighted by Gasteiger charge is -2.08. The summed E-state index contributed by atoms with van der Waals surface area (Å²) < 4.78 is 11.1. The lowest BCUT2D eigenvalue weighted by molar-refractivity contribution is -0.121. The van der Waals surface area contributed by atoms with Crippen LogP contribution in [0.4, 0.5) is 5.69 Å². The van der Waals surface area contributed by atoms with Crippen LogP contribution in [0.5, 0.6) is 5.75 Å². The van der Waals surface area contributed by atoms with Gasteiger partial charge in [-0.25, -0.2) is 9.79 Å². The smallest absolute Gasteiger partial charge is 0.338 e. The first kappa shape index (κ1) is 22.4. The Balaban J connectivity index is 1.88. The summed E-state index contributed by atoms with van der Waals surface area (Å²) in [5.74, 6) is -0.0745. The first-order valence-corrected chi connectivity index (χ1v) is 10.9. The van der Waals surface area contributed by atoms with E-state index in [0.717, 1.165) is 4.47 Å². The molecule has 0 radical (unpaired) electrons. The van der Waals surface area contributed by atoms with Gasteiger partial charge in [0.25, 0.3) is 5.91 Å². The second-order valence-corrected chi connectivity index (χ2v) is 8.48. The van der Waals surface area contributed by atoms with Crippen molar-refractivity contribution < 1.29 is 19.1 Å². The molecule has 0 saturated carbocycles. The lowest BCUT2D eigenvalue weighted by Crippen LogP contribution is -2.23. The van der Waals surface area contributed by atoms with Gasteiger partial charge >= 0.3 is 5.97 Å². The molecule has 30 heavy (non-hydrogen) atoms. The van der Waals surface area contributed by atoms with E-state index in [1.54, 1.807) is 50.4 Å². The number of amidine groups is 1. The highest BCUT2D eigenvalue weighted by atomic mass is 79.9. The number of aliphatic imine (C=N–C) groups is 1. The Hall–Kier alpha value is -2.29. The van der Waals surface area contributed by atoms with Crippen LogP contribution in [0.3, 0.4) is 0 Å². The summed E-state index contributed by atoms with van der Waals surface area (Å²) in [5.41, 5.74) is 1.75. The maximum atomic E-state index is 12.7. The Bertz CT molecular complexity index is 1050. The van der Waals surface area contributed by atoms with Crippen molar-refractivity contribution in [3.63, 3.8) is 0 Å². The van der Waals surface area contributed by atoms with Crippen LogP contribution in [0.25, 0.3) is 6.08 Å². The number of ether oxygens (including phenoxy) is 2. The molecule has 0 N–H and O–H groups in total. The number of benzene rings is 2. The molecule has 1 saturated heterocycles. The molecule has 1 fully saturated rings. The highest BCUT2D eigenvalue weighted by Gasteiger charge is 2.30. The Kier molecular flexibility index (Phi) is 7.23. The average molecular weight is 510 g/mol. The Labute approximate surface area is 192 Å². The number of hydrogen-bond acceptors (Lipinski definition) is 6. The Morgan fingerprint density at radius 2 is 2.00 bits per heavy atom. The Morgan fingerprint density at radius 3 is 2.63 bits per heavy atom. The fourth-order valence-corrected chi connectivity index (χ4v) is 4.58. The highest BCUT2D eigenvalue weighted by molar-refractivity contribution is 9.10. The topological polar surface area (TPSA) is 68.2 Å². The van der Waals surface area contributed by atoms with Crippen molar-refractivity contribution in [2.24, 2.45) is 4.99 Å². The molecular weight excluding hydrogens is 492 g/mol. The van der Waals surface area contributed by atoms with E-state index in [9.17, 15) is 9.59 Å². The van der Waals surface area contributed by atoms with Crippen LogP contribution in [0.15, 0.2) is 50.8 Å². The van der Waals surface area contributed by atoms with Crippen LogP contribution < -0.4 is 4.74 Å². The molecule has 156 valence electrons. The van der Waals surface area contributed by atoms with Crippen molar-refractivity contribution in [1.82, 2.24) is 4.90 Å². The zero-order valence-corrected chi connectivity index (χ0v) is 19.6. The van der Waals surface area contributed by atoms with E-state index in [1.165, 1.54) is 23.8 Å². The zero-order chi connectivity index (χ0) is 21.8. The second kappa shape index (κ2) is 9.68. The molecule has 0 aromatic heterocycles. The van der Waals surface area contributed by atoms with Gasteiger partial charge in [-0.3, -0.25) is 9.69 Å². The van der Waals surface area contributed by atoms with Crippen LogP contribution in [-0.2, 0) is 9.53 Å². The van der Waals surface area contributed by atoms with E-state index in [0.29, 0.717) is 44.3 Å². The molecule has 1 aliphatic rings. The maximum Gasteiger partial charge on any atom is 0.338 e. The summed E-state index contributed by atoms with van der Waals surface area (Å²) in [6.45, 7) is 2.07. The summed E-state index contributed by atoms with van der Waals surface area (Å²) in [4.78, 5) is 31.0. The van der Waals surface area contributed by atoms with Gasteiger partial charge in [0.1, 0.15) is 5.75 Å². The second-order valence-electron chi connectivity index (χ2n) is 6.15. The molecule has 0 atom stereocenters. The van der Waals surface area contributed by atoms with Crippen molar-refractivity contribution in [1.29, 1.82) is 0 Å². The van der Waals surface area contributed by atoms with Gasteiger partial charge in [-0.2, -0.15) is 0 Å². The van der Waals surface area contributed by atoms with Gasteiger partial charge in [0.2, 0.25) is 0 Å². The first-order valence-electron chi connectivity index (χ1n) is 8.90. The fourth-order valence-electron chi connectivity index (χ4n) is 2.69. The highest BCUT2D eigenvalue weighted by Crippen LogP contribution is 2.38.